The molecule has 1 aliphatic rings. The third kappa shape index (κ3) is 2.65. The molecule has 1 fully saturated rings. The van der Waals surface area contributed by atoms with Crippen molar-refractivity contribution in [3.63, 3.8) is 0 Å². The van der Waals surface area contributed by atoms with Gasteiger partial charge in [0.05, 0.1) is 28.0 Å². The summed E-state index contributed by atoms with van der Waals surface area (Å²) in [5.41, 5.74) is 1.42. The third-order valence-electron chi connectivity index (χ3n) is 3.69. The molecule has 0 bridgehead atoms. The fourth-order valence-electron chi connectivity index (χ4n) is 2.67. The maximum absolute atomic E-state index is 13.7. The summed E-state index contributed by atoms with van der Waals surface area (Å²) in [7, 11) is 0. The molecule has 0 aliphatic carbocycles. The van der Waals surface area contributed by atoms with Crippen LogP contribution in [0.3, 0.4) is 0 Å². The van der Waals surface area contributed by atoms with Crippen LogP contribution in [0.25, 0.3) is 11.0 Å². The predicted molar refractivity (Wildman–Crippen MR) is 77.8 cm³/mol. The fraction of sp³-hybridized carbons (Fsp3) is 0.500. The van der Waals surface area contributed by atoms with Gasteiger partial charge in [-0.2, -0.15) is 0 Å². The quantitative estimate of drug-likeness (QED) is 0.793. The number of benzene rings is 1. The van der Waals surface area contributed by atoms with Gasteiger partial charge in [0, 0.05) is 19.2 Å². The lowest BCUT2D eigenvalue weighted by Crippen LogP contribution is -2.11. The molecule has 20 heavy (non-hydrogen) atoms. The second kappa shape index (κ2) is 5.88. The number of hydrogen-bond acceptors (Lipinski definition) is 2. The molecule has 1 aliphatic heterocycles. The van der Waals surface area contributed by atoms with E-state index in [1.807, 2.05) is 4.57 Å². The van der Waals surface area contributed by atoms with Gasteiger partial charge in [-0.25, -0.2) is 9.37 Å². The van der Waals surface area contributed by atoms with Gasteiger partial charge in [0.25, 0.3) is 0 Å². The van der Waals surface area contributed by atoms with Crippen LogP contribution in [0.5, 0.6) is 0 Å². The number of nitrogens with zero attached hydrogens (tertiary/aromatic N) is 2. The van der Waals surface area contributed by atoms with Gasteiger partial charge in [0.2, 0.25) is 0 Å². The van der Waals surface area contributed by atoms with E-state index in [-0.39, 0.29) is 11.1 Å². The van der Waals surface area contributed by atoms with Gasteiger partial charge in [-0.1, -0.05) is 11.6 Å². The van der Waals surface area contributed by atoms with Gasteiger partial charge in [0.15, 0.2) is 0 Å². The number of fused-ring (bicyclic) bond motifs is 1. The summed E-state index contributed by atoms with van der Waals surface area (Å²) in [6, 6.07) is 2.97. The summed E-state index contributed by atoms with van der Waals surface area (Å²) >= 11 is 11.7. The zero-order chi connectivity index (χ0) is 14.1. The Morgan fingerprint density at radius 1 is 1.45 bits per heavy atom. The van der Waals surface area contributed by atoms with E-state index < -0.39 is 5.82 Å². The molecule has 1 atom stereocenters. The molecule has 1 aromatic carbocycles. The Bertz CT molecular complexity index is 623. The number of rotatable bonds is 4. The first kappa shape index (κ1) is 14.1. The maximum Gasteiger partial charge on any atom is 0.144 e. The monoisotopic (exact) mass is 316 g/mol. The fourth-order valence-corrected chi connectivity index (χ4v) is 3.03. The van der Waals surface area contributed by atoms with Crippen LogP contribution >= 0.6 is 23.2 Å². The summed E-state index contributed by atoms with van der Waals surface area (Å²) in [4.78, 5) is 4.42. The van der Waals surface area contributed by atoms with Gasteiger partial charge in [-0.3, -0.25) is 0 Å². The zero-order valence-corrected chi connectivity index (χ0v) is 12.4. The van der Waals surface area contributed by atoms with Crippen LogP contribution in [0.15, 0.2) is 12.1 Å². The number of ether oxygens (including phenoxy) is 1. The summed E-state index contributed by atoms with van der Waals surface area (Å²) in [5, 5.41) is 0.0856. The molecule has 1 aromatic heterocycles. The summed E-state index contributed by atoms with van der Waals surface area (Å²) in [6.07, 6.45) is 3.37. The average Bonchev–Trinajstić information content (AvgIpc) is 3.05. The van der Waals surface area contributed by atoms with Crippen molar-refractivity contribution in [1.29, 1.82) is 0 Å². The number of imidazole rings is 1. The molecule has 0 amide bonds. The summed E-state index contributed by atoms with van der Waals surface area (Å²) in [5.74, 6) is 0.597. The topological polar surface area (TPSA) is 27.1 Å². The molecule has 1 saturated heterocycles. The van der Waals surface area contributed by atoms with Crippen LogP contribution in [0, 0.1) is 5.82 Å². The van der Waals surface area contributed by atoms with Gasteiger partial charge < -0.3 is 9.30 Å². The second-order valence-corrected chi connectivity index (χ2v) is 5.67. The van der Waals surface area contributed by atoms with E-state index in [0.29, 0.717) is 11.4 Å². The number of hydrogen-bond donors (Lipinski definition) is 0. The van der Waals surface area contributed by atoms with Crippen LogP contribution in [0.4, 0.5) is 4.39 Å². The van der Waals surface area contributed by atoms with Crippen molar-refractivity contribution in [3.8, 4) is 0 Å². The van der Waals surface area contributed by atoms with Gasteiger partial charge in [0.1, 0.15) is 11.6 Å². The van der Waals surface area contributed by atoms with E-state index in [0.717, 1.165) is 43.8 Å². The normalized spacial score (nSPS) is 19.1. The van der Waals surface area contributed by atoms with Gasteiger partial charge >= 0.3 is 0 Å². The van der Waals surface area contributed by atoms with Crippen molar-refractivity contribution in [2.45, 2.75) is 37.8 Å². The smallest absolute Gasteiger partial charge is 0.144 e. The van der Waals surface area contributed by atoms with Crippen LogP contribution in [-0.2, 0) is 17.2 Å². The zero-order valence-electron chi connectivity index (χ0n) is 10.9. The van der Waals surface area contributed by atoms with E-state index in [9.17, 15) is 4.39 Å². The highest BCUT2D eigenvalue weighted by Gasteiger charge is 2.18. The Kier molecular flexibility index (Phi) is 4.15. The molecule has 0 radical (unpaired) electrons. The van der Waals surface area contributed by atoms with Crippen molar-refractivity contribution >= 4 is 34.2 Å². The third-order valence-corrected chi connectivity index (χ3v) is 4.22. The van der Waals surface area contributed by atoms with Crippen molar-refractivity contribution in [3.05, 3.63) is 28.8 Å². The highest BCUT2D eigenvalue weighted by molar-refractivity contribution is 6.31. The lowest BCUT2D eigenvalue weighted by molar-refractivity contribution is 0.100. The predicted octanol–water partition coefficient (Wildman–Crippen LogP) is 4.14. The van der Waals surface area contributed by atoms with Crippen molar-refractivity contribution in [2.75, 3.05) is 6.61 Å². The second-order valence-electron chi connectivity index (χ2n) is 4.99. The SMILES string of the molecule is Fc1cc2c(cc1Cl)nc(CCl)n2CCC1CCCO1. The minimum atomic E-state index is -0.432. The standard InChI is InChI=1S/C14H15Cl2FN2O/c15-8-14-18-12-6-10(16)11(17)7-13(12)19(14)4-3-9-2-1-5-20-9/h6-7,9H,1-5,8H2. The first-order valence-electron chi connectivity index (χ1n) is 6.71. The largest absolute Gasteiger partial charge is 0.378 e. The maximum atomic E-state index is 13.7. The van der Waals surface area contributed by atoms with E-state index in [1.165, 1.54) is 6.07 Å². The molecule has 1 unspecified atom stereocenters. The van der Waals surface area contributed by atoms with Crippen LogP contribution < -0.4 is 0 Å². The van der Waals surface area contributed by atoms with Crippen LogP contribution in [0.1, 0.15) is 25.1 Å². The minimum Gasteiger partial charge on any atom is -0.378 e. The molecule has 0 N–H and O–H groups in total. The Morgan fingerprint density at radius 2 is 2.30 bits per heavy atom. The lowest BCUT2D eigenvalue weighted by Gasteiger charge is -2.12. The molecule has 2 aromatic rings. The number of halogens is 3. The van der Waals surface area contributed by atoms with Crippen molar-refractivity contribution in [2.24, 2.45) is 0 Å². The van der Waals surface area contributed by atoms with Crippen molar-refractivity contribution < 1.29 is 9.13 Å². The Balaban J connectivity index is 1.92. The van der Waals surface area contributed by atoms with Crippen LogP contribution in [-0.4, -0.2) is 22.3 Å². The molecule has 108 valence electrons. The average molecular weight is 317 g/mol. The highest BCUT2D eigenvalue weighted by atomic mass is 35.5. The minimum absolute atomic E-state index is 0.0856. The van der Waals surface area contributed by atoms with Gasteiger partial charge in [-0.15, -0.1) is 11.6 Å². The first-order valence-corrected chi connectivity index (χ1v) is 7.62. The van der Waals surface area contributed by atoms with Gasteiger partial charge in [-0.05, 0) is 25.3 Å². The molecular weight excluding hydrogens is 302 g/mol. The molecule has 3 rings (SSSR count). The summed E-state index contributed by atoms with van der Waals surface area (Å²) in [6.45, 7) is 1.56. The molecule has 0 saturated carbocycles. The Morgan fingerprint density at radius 3 is 3.00 bits per heavy atom. The molecule has 6 heteroatoms. The van der Waals surface area contributed by atoms with E-state index in [2.05, 4.69) is 4.98 Å². The molecular formula is C14H15Cl2FN2O. The van der Waals surface area contributed by atoms with Crippen LogP contribution in [0.2, 0.25) is 5.02 Å². The molecule has 2 heterocycles. The number of alkyl halides is 1. The van der Waals surface area contributed by atoms with E-state index in [4.69, 9.17) is 27.9 Å². The van der Waals surface area contributed by atoms with Crippen molar-refractivity contribution in [1.82, 2.24) is 9.55 Å². The Hall–Kier alpha value is -0.840. The molecule has 3 nitrogen and oxygen atoms in total. The van der Waals surface area contributed by atoms with E-state index >= 15 is 0 Å². The summed E-state index contributed by atoms with van der Waals surface area (Å²) < 4.78 is 21.2. The molecule has 0 spiro atoms. The lowest BCUT2D eigenvalue weighted by atomic mass is 10.2. The number of aryl methyl sites for hydroxylation is 1. The first-order chi connectivity index (χ1) is 9.69. The highest BCUT2D eigenvalue weighted by Crippen LogP contribution is 2.25. The van der Waals surface area contributed by atoms with E-state index in [1.54, 1.807) is 6.07 Å². The number of aromatic nitrogens is 2. The Labute approximate surface area is 126 Å².